The van der Waals surface area contributed by atoms with Crippen molar-refractivity contribution in [3.05, 3.63) is 34.9 Å². The molecular formula is C19H28O6. The van der Waals surface area contributed by atoms with Crippen molar-refractivity contribution in [1.82, 2.24) is 0 Å². The van der Waals surface area contributed by atoms with E-state index >= 15 is 0 Å². The van der Waals surface area contributed by atoms with Crippen LogP contribution in [0.3, 0.4) is 0 Å². The molecule has 4 N–H and O–H groups in total. The summed E-state index contributed by atoms with van der Waals surface area (Å²) in [5.74, 6) is -1.42. The van der Waals surface area contributed by atoms with Crippen LogP contribution >= 0.6 is 0 Å². The molecule has 0 fully saturated rings. The molecule has 0 aromatic heterocycles. The van der Waals surface area contributed by atoms with Crippen molar-refractivity contribution < 1.29 is 30.0 Å². The minimum Gasteiger partial charge on any atom is -0.481 e. The van der Waals surface area contributed by atoms with Crippen molar-refractivity contribution in [3.63, 3.8) is 0 Å². The van der Waals surface area contributed by atoms with Crippen LogP contribution < -0.4 is 0 Å². The molecule has 0 radical (unpaired) electrons. The molecule has 0 amide bonds. The second-order valence-corrected chi connectivity index (χ2v) is 6.80. The van der Waals surface area contributed by atoms with E-state index < -0.39 is 29.6 Å². The summed E-state index contributed by atoms with van der Waals surface area (Å²) in [5.41, 5.74) is 0.282. The van der Waals surface area contributed by atoms with Gasteiger partial charge >= 0.3 is 5.97 Å². The molecule has 6 heteroatoms. The number of aliphatic hydroxyl groups excluding tert-OH is 2. The number of carboxylic acid groups (broad SMARTS) is 1. The normalized spacial score (nSPS) is 28.1. The van der Waals surface area contributed by atoms with Gasteiger partial charge in [0.05, 0.1) is 0 Å². The maximum absolute atomic E-state index is 12.0. The molecule has 0 aromatic rings. The summed E-state index contributed by atoms with van der Waals surface area (Å²) in [4.78, 5) is 22.6. The Balaban J connectivity index is 2.61. The summed E-state index contributed by atoms with van der Waals surface area (Å²) in [6, 6.07) is 0. The van der Waals surface area contributed by atoms with Gasteiger partial charge in [0.25, 0.3) is 0 Å². The van der Waals surface area contributed by atoms with Crippen LogP contribution in [0.15, 0.2) is 34.9 Å². The number of aliphatic carboxylic acids is 1. The summed E-state index contributed by atoms with van der Waals surface area (Å²) in [5, 5.41) is 39.0. The Kier molecular flexibility index (Phi) is 7.73. The van der Waals surface area contributed by atoms with E-state index in [2.05, 4.69) is 0 Å². The van der Waals surface area contributed by atoms with Gasteiger partial charge in [-0.2, -0.15) is 0 Å². The fraction of sp³-hybridized carbons (Fsp3) is 0.579. The third kappa shape index (κ3) is 5.92. The van der Waals surface area contributed by atoms with Gasteiger partial charge in [0.1, 0.15) is 12.2 Å². The lowest BCUT2D eigenvalue weighted by atomic mass is 9.78. The molecular weight excluding hydrogens is 324 g/mol. The molecule has 1 rings (SSSR count). The van der Waals surface area contributed by atoms with Crippen molar-refractivity contribution in [2.24, 2.45) is 0 Å². The molecule has 0 aromatic carbocycles. The SMILES string of the molecule is CC1=CC(=O)C(O)(C/C=C(\C)CC/C=C(\C)CCC(=O)O)[C@H](O)[C@@H]1O. The number of carbonyl (C=O) groups is 2. The van der Waals surface area contributed by atoms with Crippen LogP contribution in [0.2, 0.25) is 0 Å². The Labute approximate surface area is 148 Å². The van der Waals surface area contributed by atoms with Gasteiger partial charge in [0.15, 0.2) is 11.4 Å². The van der Waals surface area contributed by atoms with Gasteiger partial charge in [0.2, 0.25) is 0 Å². The van der Waals surface area contributed by atoms with Crippen LogP contribution in [-0.4, -0.2) is 50.0 Å². The number of hydrogen-bond donors (Lipinski definition) is 4. The van der Waals surface area contributed by atoms with E-state index in [4.69, 9.17) is 5.11 Å². The second-order valence-electron chi connectivity index (χ2n) is 6.80. The zero-order chi connectivity index (χ0) is 19.2. The minimum absolute atomic E-state index is 0.0681. The molecule has 1 aliphatic carbocycles. The molecule has 6 nitrogen and oxygen atoms in total. The first kappa shape index (κ1) is 21.3. The van der Waals surface area contributed by atoms with Gasteiger partial charge in [0, 0.05) is 12.8 Å². The van der Waals surface area contributed by atoms with Crippen LogP contribution in [-0.2, 0) is 9.59 Å². The van der Waals surface area contributed by atoms with Crippen LogP contribution in [0.1, 0.15) is 52.9 Å². The fourth-order valence-corrected chi connectivity index (χ4v) is 2.68. The molecule has 0 heterocycles. The first-order valence-corrected chi connectivity index (χ1v) is 8.42. The number of hydrogen-bond acceptors (Lipinski definition) is 5. The zero-order valence-electron chi connectivity index (χ0n) is 15.0. The lowest BCUT2D eigenvalue weighted by Gasteiger charge is -2.36. The average Bonchev–Trinajstić information content (AvgIpc) is 2.55. The Morgan fingerprint density at radius 2 is 1.76 bits per heavy atom. The van der Waals surface area contributed by atoms with Crippen molar-refractivity contribution in [2.45, 2.75) is 70.7 Å². The van der Waals surface area contributed by atoms with Crippen molar-refractivity contribution in [2.75, 3.05) is 0 Å². The van der Waals surface area contributed by atoms with Gasteiger partial charge in [-0.1, -0.05) is 23.3 Å². The Morgan fingerprint density at radius 3 is 2.36 bits per heavy atom. The first-order valence-electron chi connectivity index (χ1n) is 8.42. The maximum atomic E-state index is 12.0. The molecule has 0 bridgehead atoms. The van der Waals surface area contributed by atoms with Gasteiger partial charge in [-0.15, -0.1) is 0 Å². The van der Waals surface area contributed by atoms with E-state index in [0.717, 1.165) is 17.6 Å². The predicted octanol–water partition coefficient (Wildman–Crippen LogP) is 1.90. The number of allylic oxidation sites excluding steroid dienone is 3. The van der Waals surface area contributed by atoms with E-state index in [-0.39, 0.29) is 12.8 Å². The smallest absolute Gasteiger partial charge is 0.303 e. The average molecular weight is 352 g/mol. The van der Waals surface area contributed by atoms with Gasteiger partial charge < -0.3 is 20.4 Å². The Bertz CT molecular complexity index is 601. The third-order valence-corrected chi connectivity index (χ3v) is 4.57. The molecule has 1 aliphatic rings. The number of aliphatic hydroxyl groups is 3. The topological polar surface area (TPSA) is 115 Å². The molecule has 0 spiro atoms. The molecule has 140 valence electrons. The number of carbonyl (C=O) groups excluding carboxylic acids is 1. The summed E-state index contributed by atoms with van der Waals surface area (Å²) in [6.45, 7) is 5.28. The second kappa shape index (κ2) is 9.08. The Morgan fingerprint density at radius 1 is 1.16 bits per heavy atom. The van der Waals surface area contributed by atoms with Crippen LogP contribution in [0.25, 0.3) is 0 Å². The number of ketones is 1. The minimum atomic E-state index is -2.01. The zero-order valence-corrected chi connectivity index (χ0v) is 15.0. The monoisotopic (exact) mass is 352 g/mol. The molecule has 25 heavy (non-hydrogen) atoms. The molecule has 1 unspecified atom stereocenters. The fourth-order valence-electron chi connectivity index (χ4n) is 2.68. The van der Waals surface area contributed by atoms with Crippen LogP contribution in [0, 0.1) is 0 Å². The third-order valence-electron chi connectivity index (χ3n) is 4.57. The number of carboxylic acids is 1. The molecule has 3 atom stereocenters. The van der Waals surface area contributed by atoms with E-state index in [1.165, 1.54) is 13.0 Å². The van der Waals surface area contributed by atoms with Crippen LogP contribution in [0.5, 0.6) is 0 Å². The molecule has 0 saturated heterocycles. The molecule has 0 aliphatic heterocycles. The highest BCUT2D eigenvalue weighted by Gasteiger charge is 2.48. The van der Waals surface area contributed by atoms with E-state index in [1.807, 2.05) is 19.9 Å². The summed E-state index contributed by atoms with van der Waals surface area (Å²) >= 11 is 0. The summed E-state index contributed by atoms with van der Waals surface area (Å²) in [6.07, 6.45) is 4.03. The molecule has 0 saturated carbocycles. The van der Waals surface area contributed by atoms with Crippen molar-refractivity contribution in [1.29, 1.82) is 0 Å². The maximum Gasteiger partial charge on any atom is 0.303 e. The summed E-state index contributed by atoms with van der Waals surface area (Å²) in [7, 11) is 0. The number of rotatable bonds is 8. The lowest BCUT2D eigenvalue weighted by Crippen LogP contribution is -2.57. The van der Waals surface area contributed by atoms with Crippen LogP contribution in [0.4, 0.5) is 0 Å². The van der Waals surface area contributed by atoms with E-state index in [9.17, 15) is 24.9 Å². The predicted molar refractivity (Wildman–Crippen MR) is 94.0 cm³/mol. The van der Waals surface area contributed by atoms with Crippen molar-refractivity contribution >= 4 is 11.8 Å². The summed E-state index contributed by atoms with van der Waals surface area (Å²) < 4.78 is 0. The van der Waals surface area contributed by atoms with Crippen molar-refractivity contribution in [3.8, 4) is 0 Å². The highest BCUT2D eigenvalue weighted by atomic mass is 16.4. The standard InChI is InChI=1S/C19H28O6/c1-12(7-8-16(21)22)5-4-6-13(2)9-10-19(25)15(20)11-14(3)17(23)18(19)24/h5,9,11,17-18,23-25H,4,6-8,10H2,1-3H3,(H,21,22)/b12-5+,13-9+/t17-,18-,19?/m1/s1. The largest absolute Gasteiger partial charge is 0.481 e. The highest BCUT2D eigenvalue weighted by molar-refractivity contribution is 5.99. The quantitative estimate of drug-likeness (QED) is 0.496. The highest BCUT2D eigenvalue weighted by Crippen LogP contribution is 2.29. The van der Waals surface area contributed by atoms with Gasteiger partial charge in [-0.05, 0) is 51.7 Å². The Hall–Kier alpha value is -1.76. The van der Waals surface area contributed by atoms with E-state index in [1.54, 1.807) is 6.08 Å². The van der Waals surface area contributed by atoms with Gasteiger partial charge in [-0.3, -0.25) is 9.59 Å². The van der Waals surface area contributed by atoms with E-state index in [0.29, 0.717) is 18.4 Å². The first-order chi connectivity index (χ1) is 11.6. The lowest BCUT2D eigenvalue weighted by molar-refractivity contribution is -0.157. The van der Waals surface area contributed by atoms with Gasteiger partial charge in [-0.25, -0.2) is 0 Å².